The van der Waals surface area contributed by atoms with Crippen molar-refractivity contribution < 1.29 is 4.79 Å². The summed E-state index contributed by atoms with van der Waals surface area (Å²) < 4.78 is 0. The average Bonchev–Trinajstić information content (AvgIpc) is 3.28. The van der Waals surface area contributed by atoms with Gasteiger partial charge in [0.15, 0.2) is 0 Å². The third-order valence-corrected chi connectivity index (χ3v) is 4.43. The summed E-state index contributed by atoms with van der Waals surface area (Å²) in [5.41, 5.74) is 0.944. The van der Waals surface area contributed by atoms with Crippen LogP contribution in [-0.4, -0.2) is 25.0 Å². The van der Waals surface area contributed by atoms with Gasteiger partial charge in [-0.15, -0.1) is 0 Å². The second-order valence-corrected chi connectivity index (χ2v) is 5.80. The van der Waals surface area contributed by atoms with Gasteiger partial charge in [0, 0.05) is 12.6 Å². The minimum Gasteiger partial charge on any atom is -0.354 e. The molecule has 19 heavy (non-hydrogen) atoms. The van der Waals surface area contributed by atoms with Crippen molar-refractivity contribution in [3.05, 3.63) is 35.9 Å². The Morgan fingerprint density at radius 1 is 1.26 bits per heavy atom. The lowest BCUT2D eigenvalue weighted by atomic mass is 9.95. The topological polar surface area (TPSA) is 41.1 Å². The monoisotopic (exact) mass is 258 g/mol. The van der Waals surface area contributed by atoms with E-state index in [4.69, 9.17) is 0 Å². The number of amides is 1. The van der Waals surface area contributed by atoms with Crippen LogP contribution in [0.15, 0.2) is 30.3 Å². The zero-order chi connectivity index (χ0) is 13.1. The summed E-state index contributed by atoms with van der Waals surface area (Å²) in [6, 6.07) is 10.7. The standard InChI is InChI=1S/C16H22N2O/c19-15(18-12-14-8-4-5-11-17-14)16(9-10-16)13-6-2-1-3-7-13/h1-3,6-7,14,17H,4-5,8-12H2,(H,18,19). The Hall–Kier alpha value is -1.35. The van der Waals surface area contributed by atoms with Gasteiger partial charge in [-0.1, -0.05) is 36.8 Å². The lowest BCUT2D eigenvalue weighted by molar-refractivity contribution is -0.123. The van der Waals surface area contributed by atoms with Crippen LogP contribution < -0.4 is 10.6 Å². The minimum absolute atomic E-state index is 0.214. The predicted octanol–water partition coefficient (Wildman–Crippen LogP) is 1.98. The fourth-order valence-corrected chi connectivity index (χ4v) is 3.01. The van der Waals surface area contributed by atoms with Crippen LogP contribution in [0.5, 0.6) is 0 Å². The van der Waals surface area contributed by atoms with E-state index >= 15 is 0 Å². The van der Waals surface area contributed by atoms with Crippen LogP contribution in [-0.2, 0) is 10.2 Å². The van der Waals surface area contributed by atoms with E-state index in [1.807, 2.05) is 18.2 Å². The molecule has 3 nitrogen and oxygen atoms in total. The van der Waals surface area contributed by atoms with Gasteiger partial charge >= 0.3 is 0 Å². The summed E-state index contributed by atoms with van der Waals surface area (Å²) in [5.74, 6) is 0.214. The van der Waals surface area contributed by atoms with Gasteiger partial charge in [0.2, 0.25) is 5.91 Å². The smallest absolute Gasteiger partial charge is 0.230 e. The first-order chi connectivity index (χ1) is 9.31. The molecular formula is C16H22N2O. The maximum absolute atomic E-state index is 12.4. The van der Waals surface area contributed by atoms with Crippen LogP contribution in [0.4, 0.5) is 0 Å². The van der Waals surface area contributed by atoms with Crippen LogP contribution in [0.2, 0.25) is 0 Å². The molecule has 1 aromatic carbocycles. The van der Waals surface area contributed by atoms with Gasteiger partial charge in [-0.25, -0.2) is 0 Å². The second-order valence-electron chi connectivity index (χ2n) is 5.80. The normalized spacial score (nSPS) is 24.7. The van der Waals surface area contributed by atoms with E-state index in [0.717, 1.165) is 25.9 Å². The van der Waals surface area contributed by atoms with Crippen LogP contribution in [0.3, 0.4) is 0 Å². The van der Waals surface area contributed by atoms with Crippen molar-refractivity contribution in [2.24, 2.45) is 0 Å². The van der Waals surface area contributed by atoms with E-state index in [1.54, 1.807) is 0 Å². The number of nitrogens with one attached hydrogen (secondary N) is 2. The minimum atomic E-state index is -0.226. The molecule has 0 aromatic heterocycles. The maximum atomic E-state index is 12.4. The van der Waals surface area contributed by atoms with Gasteiger partial charge in [0.1, 0.15) is 0 Å². The molecule has 1 aromatic rings. The van der Waals surface area contributed by atoms with Gasteiger partial charge in [-0.05, 0) is 37.8 Å². The Labute approximate surface area is 114 Å². The van der Waals surface area contributed by atoms with Gasteiger partial charge in [-0.2, -0.15) is 0 Å². The first-order valence-electron chi connectivity index (χ1n) is 7.38. The second kappa shape index (κ2) is 5.33. The Morgan fingerprint density at radius 3 is 2.68 bits per heavy atom. The molecule has 1 aliphatic carbocycles. The molecule has 1 aliphatic heterocycles. The van der Waals surface area contributed by atoms with Crippen LogP contribution in [0.1, 0.15) is 37.7 Å². The van der Waals surface area contributed by atoms with Crippen molar-refractivity contribution in [1.29, 1.82) is 0 Å². The largest absolute Gasteiger partial charge is 0.354 e. The zero-order valence-electron chi connectivity index (χ0n) is 11.3. The van der Waals surface area contributed by atoms with Gasteiger partial charge in [-0.3, -0.25) is 4.79 Å². The number of carbonyl (C=O) groups is 1. The zero-order valence-corrected chi connectivity index (χ0v) is 11.3. The lowest BCUT2D eigenvalue weighted by Gasteiger charge is -2.25. The van der Waals surface area contributed by atoms with Crippen molar-refractivity contribution >= 4 is 5.91 Å². The Morgan fingerprint density at radius 2 is 2.05 bits per heavy atom. The van der Waals surface area contributed by atoms with Crippen LogP contribution in [0, 0.1) is 0 Å². The molecule has 0 radical (unpaired) electrons. The van der Waals surface area contributed by atoms with E-state index in [-0.39, 0.29) is 11.3 Å². The molecule has 3 heteroatoms. The van der Waals surface area contributed by atoms with E-state index in [1.165, 1.54) is 24.8 Å². The van der Waals surface area contributed by atoms with E-state index in [9.17, 15) is 4.79 Å². The molecule has 102 valence electrons. The van der Waals surface area contributed by atoms with Gasteiger partial charge in [0.05, 0.1) is 5.41 Å². The molecule has 1 saturated heterocycles. The fourth-order valence-electron chi connectivity index (χ4n) is 3.01. The SMILES string of the molecule is O=C(NCC1CCCCN1)C1(c2ccccc2)CC1. The Kier molecular flexibility index (Phi) is 3.56. The summed E-state index contributed by atoms with van der Waals surface area (Å²) in [5, 5.41) is 6.62. The third kappa shape index (κ3) is 2.66. The summed E-state index contributed by atoms with van der Waals surface area (Å²) >= 11 is 0. The summed E-state index contributed by atoms with van der Waals surface area (Å²) in [6.45, 7) is 1.86. The van der Waals surface area contributed by atoms with Gasteiger partial charge < -0.3 is 10.6 Å². The van der Waals surface area contributed by atoms with Crippen LogP contribution >= 0.6 is 0 Å². The molecule has 2 N–H and O–H groups in total. The van der Waals surface area contributed by atoms with Crippen molar-refractivity contribution in [1.82, 2.24) is 10.6 Å². The van der Waals surface area contributed by atoms with Crippen molar-refractivity contribution in [2.45, 2.75) is 43.6 Å². The fraction of sp³-hybridized carbons (Fsp3) is 0.562. The maximum Gasteiger partial charge on any atom is 0.230 e. The molecule has 2 aliphatic rings. The molecule has 3 rings (SSSR count). The molecule has 1 heterocycles. The van der Waals surface area contributed by atoms with E-state index < -0.39 is 0 Å². The molecule has 2 fully saturated rings. The first-order valence-corrected chi connectivity index (χ1v) is 7.38. The highest BCUT2D eigenvalue weighted by Crippen LogP contribution is 2.48. The van der Waals surface area contributed by atoms with Crippen molar-refractivity contribution in [3.8, 4) is 0 Å². The number of hydrogen-bond acceptors (Lipinski definition) is 2. The molecule has 0 bridgehead atoms. The summed E-state index contributed by atoms with van der Waals surface area (Å²) in [7, 11) is 0. The number of piperidine rings is 1. The van der Waals surface area contributed by atoms with Crippen molar-refractivity contribution in [2.75, 3.05) is 13.1 Å². The molecule has 1 atom stereocenters. The predicted molar refractivity (Wildman–Crippen MR) is 76.0 cm³/mol. The molecule has 0 spiro atoms. The molecule has 1 saturated carbocycles. The number of hydrogen-bond donors (Lipinski definition) is 2. The average molecular weight is 258 g/mol. The highest BCUT2D eigenvalue weighted by molar-refractivity contribution is 5.91. The molecule has 1 unspecified atom stereocenters. The van der Waals surface area contributed by atoms with E-state index in [0.29, 0.717) is 6.04 Å². The van der Waals surface area contributed by atoms with Crippen molar-refractivity contribution in [3.63, 3.8) is 0 Å². The number of benzene rings is 1. The highest BCUT2D eigenvalue weighted by Gasteiger charge is 2.51. The Bertz CT molecular complexity index is 433. The number of rotatable bonds is 4. The lowest BCUT2D eigenvalue weighted by Crippen LogP contribution is -2.46. The summed E-state index contributed by atoms with van der Waals surface area (Å²) in [6.07, 6.45) is 5.69. The Balaban J connectivity index is 1.58. The molecular weight excluding hydrogens is 236 g/mol. The number of carbonyl (C=O) groups excluding carboxylic acids is 1. The highest BCUT2D eigenvalue weighted by atomic mass is 16.2. The summed E-state index contributed by atoms with van der Waals surface area (Å²) in [4.78, 5) is 12.4. The van der Waals surface area contributed by atoms with E-state index in [2.05, 4.69) is 22.8 Å². The first kappa shape index (κ1) is 12.7. The quantitative estimate of drug-likeness (QED) is 0.867. The van der Waals surface area contributed by atoms with Gasteiger partial charge in [0.25, 0.3) is 0 Å². The van der Waals surface area contributed by atoms with Crippen LogP contribution in [0.25, 0.3) is 0 Å². The third-order valence-electron chi connectivity index (χ3n) is 4.43. The molecule has 1 amide bonds.